The average Bonchev–Trinajstić information content (AvgIpc) is 2.51. The van der Waals surface area contributed by atoms with Gasteiger partial charge in [0.05, 0.1) is 13.0 Å². The summed E-state index contributed by atoms with van der Waals surface area (Å²) in [5.41, 5.74) is 3.86. The number of anilines is 1. The van der Waals surface area contributed by atoms with Crippen LogP contribution < -0.4 is 10.6 Å². The van der Waals surface area contributed by atoms with Crippen molar-refractivity contribution in [2.45, 2.75) is 20.3 Å². The van der Waals surface area contributed by atoms with Gasteiger partial charge in [-0.3, -0.25) is 9.59 Å². The summed E-state index contributed by atoms with van der Waals surface area (Å²) >= 11 is 0. The molecule has 0 bridgehead atoms. The van der Waals surface area contributed by atoms with Gasteiger partial charge in [0, 0.05) is 5.69 Å². The molecule has 2 rings (SSSR count). The van der Waals surface area contributed by atoms with E-state index in [1.807, 2.05) is 62.4 Å². The van der Waals surface area contributed by atoms with Crippen LogP contribution in [-0.4, -0.2) is 18.4 Å². The lowest BCUT2D eigenvalue weighted by molar-refractivity contribution is -0.123. The number of nitrogens with one attached hydrogen (secondary N) is 2. The summed E-state index contributed by atoms with van der Waals surface area (Å²) in [5.74, 6) is -0.391. The normalized spacial score (nSPS) is 10.1. The number of hydrogen-bond donors (Lipinski definition) is 2. The van der Waals surface area contributed by atoms with Crippen molar-refractivity contribution in [2.75, 3.05) is 11.9 Å². The Hall–Kier alpha value is -2.62. The molecule has 0 saturated carbocycles. The molecule has 0 spiro atoms. The maximum Gasteiger partial charge on any atom is 0.243 e. The molecule has 0 atom stereocenters. The summed E-state index contributed by atoms with van der Waals surface area (Å²) in [4.78, 5) is 23.7. The Morgan fingerprint density at radius 1 is 0.909 bits per heavy atom. The van der Waals surface area contributed by atoms with Gasteiger partial charge >= 0.3 is 0 Å². The number of benzene rings is 2. The van der Waals surface area contributed by atoms with E-state index in [0.717, 1.165) is 22.4 Å². The molecule has 0 fully saturated rings. The summed E-state index contributed by atoms with van der Waals surface area (Å²) in [5, 5.41) is 5.45. The molecule has 0 aliphatic rings. The molecule has 0 unspecified atom stereocenters. The molecule has 2 aromatic rings. The Balaban J connectivity index is 1.83. The van der Waals surface area contributed by atoms with Crippen LogP contribution in [0.15, 0.2) is 48.5 Å². The smallest absolute Gasteiger partial charge is 0.243 e. The van der Waals surface area contributed by atoms with Crippen molar-refractivity contribution in [3.8, 4) is 0 Å². The third-order valence-electron chi connectivity index (χ3n) is 3.53. The van der Waals surface area contributed by atoms with Crippen molar-refractivity contribution in [1.82, 2.24) is 5.32 Å². The van der Waals surface area contributed by atoms with E-state index in [-0.39, 0.29) is 24.8 Å². The maximum absolute atomic E-state index is 11.9. The highest BCUT2D eigenvalue weighted by atomic mass is 16.2. The molecular weight excluding hydrogens is 276 g/mol. The molecule has 22 heavy (non-hydrogen) atoms. The van der Waals surface area contributed by atoms with Gasteiger partial charge in [-0.15, -0.1) is 0 Å². The van der Waals surface area contributed by atoms with Crippen LogP contribution in [0.5, 0.6) is 0 Å². The number of aryl methyl sites for hydroxylation is 1. The topological polar surface area (TPSA) is 58.2 Å². The zero-order chi connectivity index (χ0) is 15.9. The first-order valence-corrected chi connectivity index (χ1v) is 7.23. The highest BCUT2D eigenvalue weighted by molar-refractivity contribution is 5.95. The van der Waals surface area contributed by atoms with Crippen molar-refractivity contribution < 1.29 is 9.59 Å². The number of amides is 2. The number of carbonyl (C=O) groups excluding carboxylic acids is 2. The first-order chi connectivity index (χ1) is 10.6. The molecule has 4 nitrogen and oxygen atoms in total. The van der Waals surface area contributed by atoms with E-state index in [9.17, 15) is 9.59 Å². The number of hydrogen-bond acceptors (Lipinski definition) is 2. The lowest BCUT2D eigenvalue weighted by Gasteiger charge is -2.11. The second-order valence-electron chi connectivity index (χ2n) is 5.23. The van der Waals surface area contributed by atoms with Gasteiger partial charge < -0.3 is 10.6 Å². The molecular formula is C18H20N2O2. The minimum absolute atomic E-state index is 0.0287. The molecule has 2 aromatic carbocycles. The third-order valence-corrected chi connectivity index (χ3v) is 3.53. The van der Waals surface area contributed by atoms with Gasteiger partial charge in [0.15, 0.2) is 0 Å². The van der Waals surface area contributed by atoms with Crippen LogP contribution in [0.25, 0.3) is 0 Å². The quantitative estimate of drug-likeness (QED) is 0.891. The van der Waals surface area contributed by atoms with E-state index in [1.54, 1.807) is 0 Å². The van der Waals surface area contributed by atoms with Gasteiger partial charge in [-0.1, -0.05) is 42.5 Å². The van der Waals surface area contributed by atoms with Crippen LogP contribution in [-0.2, 0) is 16.0 Å². The molecule has 0 saturated heterocycles. The van der Waals surface area contributed by atoms with Crippen LogP contribution in [0.3, 0.4) is 0 Å². The molecule has 0 aliphatic carbocycles. The summed E-state index contributed by atoms with van der Waals surface area (Å²) in [7, 11) is 0. The van der Waals surface area contributed by atoms with Crippen molar-refractivity contribution in [2.24, 2.45) is 0 Å². The maximum atomic E-state index is 11.9. The SMILES string of the molecule is Cc1cccc(NC(=O)CNC(=O)Cc2ccccc2)c1C. The van der Waals surface area contributed by atoms with Gasteiger partial charge in [-0.2, -0.15) is 0 Å². The second kappa shape index (κ2) is 7.41. The van der Waals surface area contributed by atoms with Crippen molar-refractivity contribution in [1.29, 1.82) is 0 Å². The van der Waals surface area contributed by atoms with Gasteiger partial charge in [0.1, 0.15) is 0 Å². The number of carbonyl (C=O) groups is 2. The minimum atomic E-state index is -0.227. The lowest BCUT2D eigenvalue weighted by Crippen LogP contribution is -2.33. The van der Waals surface area contributed by atoms with Crippen molar-refractivity contribution >= 4 is 17.5 Å². The summed E-state index contributed by atoms with van der Waals surface area (Å²) in [6, 6.07) is 15.2. The first-order valence-electron chi connectivity index (χ1n) is 7.23. The Kier molecular flexibility index (Phi) is 5.31. The Bertz CT molecular complexity index is 666. The fourth-order valence-electron chi connectivity index (χ4n) is 2.10. The zero-order valence-corrected chi connectivity index (χ0v) is 12.8. The summed E-state index contributed by atoms with van der Waals surface area (Å²) in [6.07, 6.45) is 0.275. The lowest BCUT2D eigenvalue weighted by atomic mass is 10.1. The first kappa shape index (κ1) is 15.8. The zero-order valence-electron chi connectivity index (χ0n) is 12.8. The van der Waals surface area contributed by atoms with Crippen molar-refractivity contribution in [3.05, 3.63) is 65.2 Å². The largest absolute Gasteiger partial charge is 0.347 e. The second-order valence-corrected chi connectivity index (χ2v) is 5.23. The molecule has 0 aliphatic heterocycles. The molecule has 0 radical (unpaired) electrons. The average molecular weight is 296 g/mol. The molecule has 4 heteroatoms. The van der Waals surface area contributed by atoms with Gasteiger partial charge in [-0.05, 0) is 36.6 Å². The van der Waals surface area contributed by atoms with E-state index in [4.69, 9.17) is 0 Å². The molecule has 0 aromatic heterocycles. The Morgan fingerprint density at radius 2 is 1.64 bits per heavy atom. The van der Waals surface area contributed by atoms with E-state index in [0.29, 0.717) is 0 Å². The molecule has 2 N–H and O–H groups in total. The summed E-state index contributed by atoms with van der Waals surface area (Å²) in [6.45, 7) is 3.92. The van der Waals surface area contributed by atoms with Crippen LogP contribution in [0.1, 0.15) is 16.7 Å². The van der Waals surface area contributed by atoms with Crippen LogP contribution in [0, 0.1) is 13.8 Å². The van der Waals surface area contributed by atoms with Crippen molar-refractivity contribution in [3.63, 3.8) is 0 Å². The third kappa shape index (κ3) is 4.45. The standard InChI is InChI=1S/C18H20N2O2/c1-13-7-6-10-16(14(13)2)20-18(22)12-19-17(21)11-15-8-4-3-5-9-15/h3-10H,11-12H2,1-2H3,(H,19,21)(H,20,22). The van der Waals surface area contributed by atoms with E-state index >= 15 is 0 Å². The highest BCUT2D eigenvalue weighted by Gasteiger charge is 2.08. The van der Waals surface area contributed by atoms with E-state index in [2.05, 4.69) is 10.6 Å². The van der Waals surface area contributed by atoms with Gasteiger partial charge in [0.2, 0.25) is 11.8 Å². The van der Waals surface area contributed by atoms with Gasteiger partial charge in [0.25, 0.3) is 0 Å². The van der Waals surface area contributed by atoms with E-state index in [1.165, 1.54) is 0 Å². The van der Waals surface area contributed by atoms with Crippen LogP contribution in [0.4, 0.5) is 5.69 Å². The molecule has 114 valence electrons. The molecule has 2 amide bonds. The van der Waals surface area contributed by atoms with Gasteiger partial charge in [-0.25, -0.2) is 0 Å². The number of rotatable bonds is 5. The fourth-order valence-corrected chi connectivity index (χ4v) is 2.10. The minimum Gasteiger partial charge on any atom is -0.347 e. The predicted molar refractivity (Wildman–Crippen MR) is 87.7 cm³/mol. The van der Waals surface area contributed by atoms with Crippen LogP contribution >= 0.6 is 0 Å². The Morgan fingerprint density at radius 3 is 2.36 bits per heavy atom. The summed E-state index contributed by atoms with van der Waals surface area (Å²) < 4.78 is 0. The molecule has 0 heterocycles. The fraction of sp³-hybridized carbons (Fsp3) is 0.222. The van der Waals surface area contributed by atoms with Crippen LogP contribution in [0.2, 0.25) is 0 Å². The highest BCUT2D eigenvalue weighted by Crippen LogP contribution is 2.17. The Labute approximate surface area is 130 Å². The van der Waals surface area contributed by atoms with E-state index < -0.39 is 0 Å². The predicted octanol–water partition coefficient (Wildman–Crippen LogP) is 2.60. The monoisotopic (exact) mass is 296 g/mol.